The van der Waals surface area contributed by atoms with Crippen LogP contribution in [0.2, 0.25) is 10.0 Å². The van der Waals surface area contributed by atoms with Crippen molar-refractivity contribution in [3.8, 4) is 17.2 Å². The van der Waals surface area contributed by atoms with Crippen molar-refractivity contribution >= 4 is 23.2 Å². The van der Waals surface area contributed by atoms with Crippen LogP contribution in [0.25, 0.3) is 5.69 Å². The number of nitrogens with zero attached hydrogens (tertiary/aromatic N) is 3. The van der Waals surface area contributed by atoms with Crippen LogP contribution in [0.1, 0.15) is 37.2 Å². The second kappa shape index (κ2) is 7.00. The Hall–Kier alpha value is -3.04. The summed E-state index contributed by atoms with van der Waals surface area (Å²) >= 11 is 12.7. The molecule has 5 rings (SSSR count). The number of nitrogen functional groups attached to an aromatic ring is 1. The van der Waals surface area contributed by atoms with Gasteiger partial charge in [-0.1, -0.05) is 23.2 Å². The molecule has 3 N–H and O–H groups in total. The Morgan fingerprint density at radius 3 is 2.45 bits per heavy atom. The summed E-state index contributed by atoms with van der Waals surface area (Å²) in [5, 5.41) is 4.00. The maximum Gasteiger partial charge on any atom is 0.370 e. The lowest BCUT2D eigenvalue weighted by atomic mass is 9.67. The van der Waals surface area contributed by atoms with Gasteiger partial charge in [0.2, 0.25) is 0 Å². The minimum atomic E-state index is -0.854. The molecule has 1 spiro atoms. The largest absolute Gasteiger partial charge is 0.453 e. The molecule has 1 unspecified atom stereocenters. The zero-order chi connectivity index (χ0) is 21.9. The number of aromatic nitrogens is 4. The highest BCUT2D eigenvalue weighted by molar-refractivity contribution is 6.37. The molecule has 0 saturated heterocycles. The van der Waals surface area contributed by atoms with Crippen LogP contribution >= 0.6 is 23.2 Å². The monoisotopic (exact) mass is 461 g/mol. The highest BCUT2D eigenvalue weighted by Gasteiger charge is 2.56. The molecule has 2 aliphatic carbocycles. The fourth-order valence-electron chi connectivity index (χ4n) is 4.22. The number of aromatic amines is 1. The number of H-pyrrole nitrogens is 1. The molecule has 31 heavy (non-hydrogen) atoms. The molecule has 160 valence electrons. The topological polar surface area (TPSA) is 125 Å². The molecular formula is C20H17Cl2N5O4. The van der Waals surface area contributed by atoms with E-state index in [2.05, 4.69) is 10.1 Å². The lowest BCUT2D eigenvalue weighted by molar-refractivity contribution is 0.225. The van der Waals surface area contributed by atoms with Crippen LogP contribution in [-0.2, 0) is 0 Å². The fourth-order valence-corrected chi connectivity index (χ4v) is 4.77. The maximum absolute atomic E-state index is 12.4. The van der Waals surface area contributed by atoms with Gasteiger partial charge < -0.3 is 15.6 Å². The quantitative estimate of drug-likeness (QED) is 0.575. The summed E-state index contributed by atoms with van der Waals surface area (Å²) in [5.41, 5.74) is -0.495. The van der Waals surface area contributed by atoms with Crippen LogP contribution in [-0.4, -0.2) is 19.4 Å². The van der Waals surface area contributed by atoms with E-state index in [1.54, 1.807) is 6.07 Å². The van der Waals surface area contributed by atoms with Crippen molar-refractivity contribution in [2.45, 2.75) is 31.6 Å². The standard InChI is InChI=1S/C20H17Cl2N5O4/c21-14-5-10(27-19(30)26(23)16(28)9-25-27)6-15(22)17(14)31-11-7-12(18(29)24-8-11)13-1-2-20(13)3-4-20/h5-9,13H,1-4,23H2,(H,24,29). The van der Waals surface area contributed by atoms with Crippen LogP contribution < -0.4 is 27.4 Å². The minimum Gasteiger partial charge on any atom is -0.453 e. The third-order valence-electron chi connectivity index (χ3n) is 6.20. The summed E-state index contributed by atoms with van der Waals surface area (Å²) < 4.78 is 7.21. The number of benzene rings is 1. The third-order valence-corrected chi connectivity index (χ3v) is 6.76. The Bertz CT molecular complexity index is 1370. The van der Waals surface area contributed by atoms with Crippen molar-refractivity contribution in [3.05, 3.63) is 77.4 Å². The van der Waals surface area contributed by atoms with Gasteiger partial charge in [-0.05, 0) is 55.2 Å². The minimum absolute atomic E-state index is 0.112. The van der Waals surface area contributed by atoms with E-state index < -0.39 is 11.2 Å². The first-order chi connectivity index (χ1) is 14.8. The van der Waals surface area contributed by atoms with Crippen LogP contribution in [0.3, 0.4) is 0 Å². The summed E-state index contributed by atoms with van der Waals surface area (Å²) in [4.78, 5) is 38.7. The highest BCUT2D eigenvalue weighted by atomic mass is 35.5. The molecule has 2 saturated carbocycles. The molecular weight excluding hydrogens is 445 g/mol. The van der Waals surface area contributed by atoms with Gasteiger partial charge in [0.05, 0.1) is 15.7 Å². The summed E-state index contributed by atoms with van der Waals surface area (Å²) in [6.07, 6.45) is 6.83. The Morgan fingerprint density at radius 2 is 1.84 bits per heavy atom. The molecule has 0 amide bonds. The molecule has 11 heteroatoms. The molecule has 0 aliphatic heterocycles. The molecule has 0 radical (unpaired) electrons. The molecule has 2 aliphatic rings. The zero-order valence-corrected chi connectivity index (χ0v) is 17.6. The summed E-state index contributed by atoms with van der Waals surface area (Å²) in [6, 6.07) is 4.57. The lowest BCUT2D eigenvalue weighted by Crippen LogP contribution is -2.44. The van der Waals surface area contributed by atoms with Gasteiger partial charge >= 0.3 is 5.69 Å². The SMILES string of the molecule is Nn1c(=O)cnn(-c2cc(Cl)c(Oc3c[nH]c(=O)c(C4CCC45CC5)c3)c(Cl)c2)c1=O. The molecule has 3 aromatic rings. The smallest absolute Gasteiger partial charge is 0.370 e. The van der Waals surface area contributed by atoms with Crippen molar-refractivity contribution in [3.63, 3.8) is 0 Å². The zero-order valence-electron chi connectivity index (χ0n) is 16.1. The van der Waals surface area contributed by atoms with E-state index in [0.29, 0.717) is 21.4 Å². The lowest BCUT2D eigenvalue weighted by Gasteiger charge is -2.37. The molecule has 9 nitrogen and oxygen atoms in total. The van der Waals surface area contributed by atoms with Crippen LogP contribution in [0.4, 0.5) is 0 Å². The van der Waals surface area contributed by atoms with Gasteiger partial charge in [0, 0.05) is 11.8 Å². The predicted molar refractivity (Wildman–Crippen MR) is 115 cm³/mol. The first-order valence-corrected chi connectivity index (χ1v) is 10.4. The Balaban J connectivity index is 1.49. The molecule has 0 bridgehead atoms. The average Bonchev–Trinajstić information content (AvgIpc) is 3.54. The second-order valence-electron chi connectivity index (χ2n) is 7.96. The number of hydrogen-bond acceptors (Lipinski definition) is 6. The number of pyridine rings is 1. The van der Waals surface area contributed by atoms with Gasteiger partial charge in [-0.25, -0.2) is 4.79 Å². The maximum atomic E-state index is 12.4. The van der Waals surface area contributed by atoms with E-state index in [9.17, 15) is 14.4 Å². The first-order valence-electron chi connectivity index (χ1n) is 9.65. The van der Waals surface area contributed by atoms with Crippen LogP contribution in [0, 0.1) is 5.41 Å². The van der Waals surface area contributed by atoms with Gasteiger partial charge in [-0.3, -0.25) is 9.59 Å². The summed E-state index contributed by atoms with van der Waals surface area (Å²) in [5.74, 6) is 6.24. The molecule has 2 fully saturated rings. The van der Waals surface area contributed by atoms with E-state index >= 15 is 0 Å². The van der Waals surface area contributed by atoms with Crippen molar-refractivity contribution in [1.82, 2.24) is 19.4 Å². The fraction of sp³-hybridized carbons (Fsp3) is 0.300. The van der Waals surface area contributed by atoms with Gasteiger partial charge in [0.1, 0.15) is 11.9 Å². The van der Waals surface area contributed by atoms with Crippen molar-refractivity contribution in [2.24, 2.45) is 5.41 Å². The van der Waals surface area contributed by atoms with Crippen molar-refractivity contribution < 1.29 is 4.74 Å². The third kappa shape index (κ3) is 3.24. The van der Waals surface area contributed by atoms with E-state index in [1.165, 1.54) is 18.3 Å². The van der Waals surface area contributed by atoms with E-state index in [1.807, 2.05) is 0 Å². The number of ether oxygens (including phenoxy) is 1. The number of hydrogen-bond donors (Lipinski definition) is 2. The van der Waals surface area contributed by atoms with Crippen molar-refractivity contribution in [1.29, 1.82) is 0 Å². The highest BCUT2D eigenvalue weighted by Crippen LogP contribution is 2.68. The van der Waals surface area contributed by atoms with E-state index in [-0.39, 0.29) is 33.0 Å². The Morgan fingerprint density at radius 1 is 1.13 bits per heavy atom. The molecule has 1 aromatic carbocycles. The summed E-state index contributed by atoms with van der Waals surface area (Å²) in [7, 11) is 0. The number of halogens is 2. The molecule has 2 heterocycles. The molecule has 1 atom stereocenters. The average molecular weight is 462 g/mol. The van der Waals surface area contributed by atoms with E-state index in [0.717, 1.165) is 36.6 Å². The van der Waals surface area contributed by atoms with Gasteiger partial charge in [-0.15, -0.1) is 0 Å². The van der Waals surface area contributed by atoms with E-state index in [4.69, 9.17) is 33.8 Å². The van der Waals surface area contributed by atoms with Gasteiger partial charge in [0.25, 0.3) is 11.1 Å². The van der Waals surface area contributed by atoms with Crippen LogP contribution in [0.5, 0.6) is 11.5 Å². The second-order valence-corrected chi connectivity index (χ2v) is 8.78. The number of nitrogens with two attached hydrogens (primary N) is 1. The predicted octanol–water partition coefficient (Wildman–Crippen LogP) is 2.55. The Labute approximate surface area is 185 Å². The van der Waals surface area contributed by atoms with Crippen LogP contribution in [0.15, 0.2) is 45.0 Å². The summed E-state index contributed by atoms with van der Waals surface area (Å²) in [6.45, 7) is 0. The van der Waals surface area contributed by atoms with Gasteiger partial charge in [-0.2, -0.15) is 14.5 Å². The molecule has 2 aromatic heterocycles. The van der Waals surface area contributed by atoms with Crippen molar-refractivity contribution in [2.75, 3.05) is 5.84 Å². The number of nitrogens with one attached hydrogen (secondary N) is 1. The Kier molecular flexibility index (Phi) is 4.49. The number of rotatable bonds is 4. The van der Waals surface area contributed by atoms with Gasteiger partial charge in [0.15, 0.2) is 5.75 Å². The normalized spacial score (nSPS) is 18.6. The first kappa shape index (κ1) is 19.9.